The number of H-pyrrole nitrogens is 1. The minimum atomic E-state index is -0.956. The quantitative estimate of drug-likeness (QED) is 0.908. The van der Waals surface area contributed by atoms with Crippen LogP contribution in [0.1, 0.15) is 34.8 Å². The fourth-order valence-electron chi connectivity index (χ4n) is 2.37. The van der Waals surface area contributed by atoms with Gasteiger partial charge < -0.3 is 14.8 Å². The lowest BCUT2D eigenvalue weighted by molar-refractivity contribution is 0.0168. The van der Waals surface area contributed by atoms with Crippen molar-refractivity contribution in [3.63, 3.8) is 0 Å². The molecule has 0 bridgehead atoms. The number of hydrogen-bond donors (Lipinski definition) is 2. The van der Waals surface area contributed by atoms with E-state index < -0.39 is 5.97 Å². The van der Waals surface area contributed by atoms with E-state index in [2.05, 4.69) is 9.97 Å². The topological polar surface area (TPSA) is 75.2 Å². The number of rotatable bonds is 4. The first-order valence-corrected chi connectivity index (χ1v) is 7.58. The standard InChI is InChI=1S/C14H16N2O3S/c17-14(18)11-5-9(7-15-11)12-8-20-13(16-12)6-10-3-1-2-4-19-10/h5,7-8,10,15H,1-4,6H2,(H,17,18). The summed E-state index contributed by atoms with van der Waals surface area (Å²) in [6, 6.07) is 1.61. The van der Waals surface area contributed by atoms with Gasteiger partial charge in [0.25, 0.3) is 0 Å². The molecule has 0 amide bonds. The number of thiazole rings is 1. The van der Waals surface area contributed by atoms with Gasteiger partial charge in [-0.1, -0.05) is 0 Å². The maximum Gasteiger partial charge on any atom is 0.352 e. The summed E-state index contributed by atoms with van der Waals surface area (Å²) >= 11 is 1.60. The van der Waals surface area contributed by atoms with Gasteiger partial charge in [0.05, 0.1) is 16.8 Å². The monoisotopic (exact) mass is 292 g/mol. The summed E-state index contributed by atoms with van der Waals surface area (Å²) in [5.74, 6) is -0.956. The predicted molar refractivity (Wildman–Crippen MR) is 76.2 cm³/mol. The number of aromatic carboxylic acids is 1. The van der Waals surface area contributed by atoms with Crippen LogP contribution >= 0.6 is 11.3 Å². The largest absolute Gasteiger partial charge is 0.477 e. The molecule has 1 fully saturated rings. The molecule has 1 aliphatic rings. The average molecular weight is 292 g/mol. The number of aromatic nitrogens is 2. The molecule has 0 spiro atoms. The predicted octanol–water partition coefficient (Wildman–Crippen LogP) is 2.95. The van der Waals surface area contributed by atoms with Crippen molar-refractivity contribution >= 4 is 17.3 Å². The maximum absolute atomic E-state index is 10.8. The molecule has 3 rings (SSSR count). The normalized spacial score (nSPS) is 19.1. The summed E-state index contributed by atoms with van der Waals surface area (Å²) < 4.78 is 5.72. The Balaban J connectivity index is 1.70. The number of hydrogen-bond acceptors (Lipinski definition) is 4. The third-order valence-electron chi connectivity index (χ3n) is 3.44. The molecular formula is C14H16N2O3S. The van der Waals surface area contributed by atoms with E-state index in [1.54, 1.807) is 23.6 Å². The highest BCUT2D eigenvalue weighted by molar-refractivity contribution is 7.09. The van der Waals surface area contributed by atoms with Crippen molar-refractivity contribution in [3.8, 4) is 11.3 Å². The molecule has 0 aromatic carbocycles. The Morgan fingerprint density at radius 2 is 2.45 bits per heavy atom. The molecule has 3 heterocycles. The third-order valence-corrected chi connectivity index (χ3v) is 4.31. The molecule has 2 aromatic rings. The summed E-state index contributed by atoms with van der Waals surface area (Å²) in [5.41, 5.74) is 1.82. The second-order valence-electron chi connectivity index (χ2n) is 4.93. The first-order chi connectivity index (χ1) is 9.72. The number of nitrogens with zero attached hydrogens (tertiary/aromatic N) is 1. The highest BCUT2D eigenvalue weighted by Crippen LogP contribution is 2.25. The fraction of sp³-hybridized carbons (Fsp3) is 0.429. The van der Waals surface area contributed by atoms with Crippen LogP contribution in [0.2, 0.25) is 0 Å². The second kappa shape index (κ2) is 5.76. The summed E-state index contributed by atoms with van der Waals surface area (Å²) in [4.78, 5) is 18.2. The van der Waals surface area contributed by atoms with Crippen LogP contribution in [0.4, 0.5) is 0 Å². The number of carboxylic acids is 1. The molecule has 1 unspecified atom stereocenters. The van der Waals surface area contributed by atoms with E-state index in [4.69, 9.17) is 9.84 Å². The van der Waals surface area contributed by atoms with E-state index in [1.807, 2.05) is 5.38 Å². The zero-order valence-electron chi connectivity index (χ0n) is 11.0. The highest BCUT2D eigenvalue weighted by atomic mass is 32.1. The van der Waals surface area contributed by atoms with Crippen LogP contribution in [-0.2, 0) is 11.2 Å². The minimum absolute atomic E-state index is 0.185. The fourth-order valence-corrected chi connectivity index (χ4v) is 3.24. The highest BCUT2D eigenvalue weighted by Gasteiger charge is 2.17. The lowest BCUT2D eigenvalue weighted by Gasteiger charge is -2.21. The molecule has 5 nitrogen and oxygen atoms in total. The van der Waals surface area contributed by atoms with Crippen LogP contribution in [0, 0.1) is 0 Å². The first-order valence-electron chi connectivity index (χ1n) is 6.70. The van der Waals surface area contributed by atoms with E-state index in [0.29, 0.717) is 0 Å². The van der Waals surface area contributed by atoms with Crippen molar-refractivity contribution < 1.29 is 14.6 Å². The molecule has 2 aromatic heterocycles. The van der Waals surface area contributed by atoms with E-state index >= 15 is 0 Å². The van der Waals surface area contributed by atoms with Gasteiger partial charge in [-0.15, -0.1) is 11.3 Å². The van der Waals surface area contributed by atoms with Crippen LogP contribution in [0.15, 0.2) is 17.6 Å². The molecule has 1 saturated heterocycles. The van der Waals surface area contributed by atoms with Gasteiger partial charge >= 0.3 is 5.97 Å². The third kappa shape index (κ3) is 2.91. The lowest BCUT2D eigenvalue weighted by atomic mass is 10.1. The van der Waals surface area contributed by atoms with E-state index in [0.717, 1.165) is 42.1 Å². The Bertz CT molecular complexity index is 599. The average Bonchev–Trinajstić information content (AvgIpc) is 3.08. The zero-order chi connectivity index (χ0) is 13.9. The van der Waals surface area contributed by atoms with Crippen LogP contribution < -0.4 is 0 Å². The Labute approximate surface area is 120 Å². The van der Waals surface area contributed by atoms with Gasteiger partial charge in [0.1, 0.15) is 5.69 Å². The molecule has 0 radical (unpaired) electrons. The van der Waals surface area contributed by atoms with Crippen molar-refractivity contribution in [2.45, 2.75) is 31.8 Å². The molecule has 2 N–H and O–H groups in total. The maximum atomic E-state index is 10.8. The van der Waals surface area contributed by atoms with E-state index in [1.165, 1.54) is 6.42 Å². The van der Waals surface area contributed by atoms with Crippen molar-refractivity contribution in [3.05, 3.63) is 28.3 Å². The van der Waals surface area contributed by atoms with Gasteiger partial charge in [-0.05, 0) is 25.3 Å². The molecule has 106 valence electrons. The Kier molecular flexibility index (Phi) is 3.84. The Morgan fingerprint density at radius 1 is 1.55 bits per heavy atom. The molecule has 0 aliphatic carbocycles. The van der Waals surface area contributed by atoms with Gasteiger partial charge in [0, 0.05) is 30.2 Å². The van der Waals surface area contributed by atoms with Gasteiger partial charge in [0.15, 0.2) is 0 Å². The summed E-state index contributed by atoms with van der Waals surface area (Å²) in [7, 11) is 0. The molecule has 1 atom stereocenters. The molecule has 20 heavy (non-hydrogen) atoms. The summed E-state index contributed by atoms with van der Waals surface area (Å²) in [6.07, 6.45) is 6.29. The summed E-state index contributed by atoms with van der Waals surface area (Å²) in [6.45, 7) is 0.850. The number of aromatic amines is 1. The SMILES string of the molecule is O=C(O)c1cc(-c2csc(CC3CCCCO3)n2)c[nH]1. The summed E-state index contributed by atoms with van der Waals surface area (Å²) in [5, 5.41) is 11.9. The van der Waals surface area contributed by atoms with Gasteiger partial charge in [-0.3, -0.25) is 0 Å². The molecular weight excluding hydrogens is 276 g/mol. The Hall–Kier alpha value is -1.66. The van der Waals surface area contributed by atoms with E-state index in [9.17, 15) is 4.79 Å². The smallest absolute Gasteiger partial charge is 0.352 e. The van der Waals surface area contributed by atoms with Crippen molar-refractivity contribution in [2.75, 3.05) is 6.61 Å². The van der Waals surface area contributed by atoms with Crippen LogP contribution in [0.5, 0.6) is 0 Å². The molecule has 1 aliphatic heterocycles. The van der Waals surface area contributed by atoms with E-state index in [-0.39, 0.29) is 11.8 Å². The first kappa shape index (κ1) is 13.3. The van der Waals surface area contributed by atoms with Gasteiger partial charge in [0.2, 0.25) is 0 Å². The van der Waals surface area contributed by atoms with Gasteiger partial charge in [-0.2, -0.15) is 0 Å². The number of nitrogens with one attached hydrogen (secondary N) is 1. The van der Waals surface area contributed by atoms with Crippen molar-refractivity contribution in [1.82, 2.24) is 9.97 Å². The van der Waals surface area contributed by atoms with Crippen LogP contribution in [0.25, 0.3) is 11.3 Å². The second-order valence-corrected chi connectivity index (χ2v) is 5.87. The Morgan fingerprint density at radius 3 is 3.15 bits per heavy atom. The number of carbonyl (C=O) groups is 1. The zero-order valence-corrected chi connectivity index (χ0v) is 11.8. The molecule has 6 heteroatoms. The number of carboxylic acid groups (broad SMARTS) is 1. The van der Waals surface area contributed by atoms with Crippen molar-refractivity contribution in [1.29, 1.82) is 0 Å². The van der Waals surface area contributed by atoms with Gasteiger partial charge in [-0.25, -0.2) is 9.78 Å². The minimum Gasteiger partial charge on any atom is -0.477 e. The van der Waals surface area contributed by atoms with Crippen LogP contribution in [0.3, 0.4) is 0 Å². The van der Waals surface area contributed by atoms with Crippen LogP contribution in [-0.4, -0.2) is 33.8 Å². The lowest BCUT2D eigenvalue weighted by Crippen LogP contribution is -2.21. The van der Waals surface area contributed by atoms with Crippen molar-refractivity contribution in [2.24, 2.45) is 0 Å². The number of ether oxygens (including phenoxy) is 1. The molecule has 0 saturated carbocycles.